The minimum atomic E-state index is -0.741. The third-order valence-electron chi connectivity index (χ3n) is 7.36. The molecule has 1 saturated heterocycles. The van der Waals surface area contributed by atoms with E-state index in [2.05, 4.69) is 17.0 Å². The summed E-state index contributed by atoms with van der Waals surface area (Å²) in [6, 6.07) is 10.3. The predicted molar refractivity (Wildman–Crippen MR) is 159 cm³/mol. The fraction of sp³-hybridized carbons (Fsp3) is 0.452. The molecule has 40 heavy (non-hydrogen) atoms. The molecule has 0 radical (unpaired) electrons. The Labute approximate surface area is 237 Å². The average molecular weight is 565 g/mol. The molecule has 212 valence electrons. The first kappa shape index (κ1) is 29.7. The molecule has 1 aliphatic rings. The van der Waals surface area contributed by atoms with Crippen LogP contribution in [0.25, 0.3) is 20.2 Å². The summed E-state index contributed by atoms with van der Waals surface area (Å²) in [7, 11) is 0. The first-order valence-electron chi connectivity index (χ1n) is 13.8. The standard InChI is InChI=1S/C31H36N2O6S/c1-5-6-7-8-9-25(32-39-20(2)34)28(35)21-10-12-26-23(18-21)29(36)24-19-22(11-13-27(24)40-26)30(37)31(3,4)33-14-16-38-17-15-33/h10-13,18-19H,5-9,14-17H2,1-4H3/b32-25+. The number of ether oxygens (including phenoxy) is 1. The van der Waals surface area contributed by atoms with E-state index in [1.165, 1.54) is 18.3 Å². The number of hydrogen-bond acceptors (Lipinski definition) is 9. The van der Waals surface area contributed by atoms with Gasteiger partial charge in [-0.25, -0.2) is 4.79 Å². The molecule has 0 atom stereocenters. The van der Waals surface area contributed by atoms with Crippen LogP contribution in [0.3, 0.4) is 0 Å². The van der Waals surface area contributed by atoms with Crippen molar-refractivity contribution in [2.75, 3.05) is 26.3 Å². The van der Waals surface area contributed by atoms with E-state index in [0.29, 0.717) is 54.6 Å². The number of fused-ring (bicyclic) bond motifs is 2. The van der Waals surface area contributed by atoms with E-state index in [4.69, 9.17) is 9.57 Å². The molecule has 0 aliphatic carbocycles. The SMILES string of the molecule is CCCCCC/C(=N\OC(C)=O)C(=O)c1ccc2sc3ccc(C(=O)C(C)(C)N4CCOCC4)cc3c(=O)c2c1. The van der Waals surface area contributed by atoms with E-state index in [-0.39, 0.29) is 22.7 Å². The van der Waals surface area contributed by atoms with Crippen LogP contribution in [-0.4, -0.2) is 60.0 Å². The fourth-order valence-corrected chi connectivity index (χ4v) is 6.00. The van der Waals surface area contributed by atoms with Gasteiger partial charge in [0.15, 0.2) is 11.2 Å². The minimum Gasteiger partial charge on any atom is -0.379 e. The zero-order valence-electron chi connectivity index (χ0n) is 23.6. The maximum absolute atomic E-state index is 13.7. The zero-order valence-corrected chi connectivity index (χ0v) is 24.4. The summed E-state index contributed by atoms with van der Waals surface area (Å²) in [5, 5.41) is 4.68. The molecule has 0 saturated carbocycles. The van der Waals surface area contributed by atoms with Crippen molar-refractivity contribution in [3.63, 3.8) is 0 Å². The number of oxime groups is 1. The van der Waals surface area contributed by atoms with Crippen molar-refractivity contribution in [3.8, 4) is 0 Å². The van der Waals surface area contributed by atoms with Crippen LogP contribution in [-0.2, 0) is 14.4 Å². The molecule has 0 bridgehead atoms. The number of nitrogens with zero attached hydrogens (tertiary/aromatic N) is 2. The summed E-state index contributed by atoms with van der Waals surface area (Å²) in [4.78, 5) is 58.9. The fourth-order valence-electron chi connectivity index (χ4n) is 4.96. The van der Waals surface area contributed by atoms with E-state index in [0.717, 1.165) is 35.1 Å². The van der Waals surface area contributed by atoms with Crippen LogP contribution < -0.4 is 5.43 Å². The highest BCUT2D eigenvalue weighted by Gasteiger charge is 2.36. The van der Waals surface area contributed by atoms with Crippen molar-refractivity contribution < 1.29 is 24.0 Å². The summed E-state index contributed by atoms with van der Waals surface area (Å²) >= 11 is 1.43. The summed E-state index contributed by atoms with van der Waals surface area (Å²) in [6.45, 7) is 9.65. The Hall–Kier alpha value is -3.27. The molecule has 0 N–H and O–H groups in total. The van der Waals surface area contributed by atoms with Gasteiger partial charge < -0.3 is 9.57 Å². The summed E-state index contributed by atoms with van der Waals surface area (Å²) in [5.41, 5.74) is -0.0461. The van der Waals surface area contributed by atoms with Gasteiger partial charge in [0.25, 0.3) is 0 Å². The van der Waals surface area contributed by atoms with Crippen LogP contribution in [0, 0.1) is 0 Å². The monoisotopic (exact) mass is 564 g/mol. The second kappa shape index (κ2) is 12.9. The number of carbonyl (C=O) groups is 3. The Balaban J connectivity index is 1.69. The van der Waals surface area contributed by atoms with Gasteiger partial charge in [0.2, 0.25) is 5.78 Å². The van der Waals surface area contributed by atoms with Crippen LogP contribution in [0.1, 0.15) is 80.5 Å². The van der Waals surface area contributed by atoms with E-state index >= 15 is 0 Å². The van der Waals surface area contributed by atoms with Gasteiger partial charge in [0, 0.05) is 51.3 Å². The average Bonchev–Trinajstić information content (AvgIpc) is 2.96. The predicted octanol–water partition coefficient (Wildman–Crippen LogP) is 5.78. The van der Waals surface area contributed by atoms with E-state index in [1.807, 2.05) is 19.9 Å². The molecule has 2 aromatic carbocycles. The van der Waals surface area contributed by atoms with E-state index in [1.54, 1.807) is 30.3 Å². The molecule has 1 aromatic heterocycles. The normalized spacial score (nSPS) is 14.9. The lowest BCUT2D eigenvalue weighted by atomic mass is 9.90. The van der Waals surface area contributed by atoms with Crippen LogP contribution in [0.5, 0.6) is 0 Å². The first-order valence-corrected chi connectivity index (χ1v) is 14.6. The summed E-state index contributed by atoms with van der Waals surface area (Å²) in [6.07, 6.45) is 4.13. The topological polar surface area (TPSA) is 102 Å². The van der Waals surface area contributed by atoms with Crippen LogP contribution in [0.4, 0.5) is 0 Å². The lowest BCUT2D eigenvalue weighted by molar-refractivity contribution is -0.140. The van der Waals surface area contributed by atoms with E-state index < -0.39 is 11.5 Å². The third-order valence-corrected chi connectivity index (χ3v) is 8.52. The molecule has 1 fully saturated rings. The van der Waals surface area contributed by atoms with Crippen LogP contribution in [0.15, 0.2) is 46.3 Å². The molecule has 0 unspecified atom stereocenters. The molecule has 0 amide bonds. The van der Waals surface area contributed by atoms with Gasteiger partial charge in [-0.1, -0.05) is 31.3 Å². The number of Topliss-reactive ketones (excluding diaryl/α,β-unsaturated/α-hetero) is 2. The maximum atomic E-state index is 13.7. The number of benzene rings is 2. The van der Waals surface area contributed by atoms with Gasteiger partial charge in [-0.05, 0) is 63.1 Å². The van der Waals surface area contributed by atoms with Crippen molar-refractivity contribution in [1.29, 1.82) is 0 Å². The van der Waals surface area contributed by atoms with Crippen molar-refractivity contribution in [2.45, 2.75) is 65.3 Å². The second-order valence-corrected chi connectivity index (χ2v) is 11.7. The first-order chi connectivity index (χ1) is 19.1. The van der Waals surface area contributed by atoms with Crippen LogP contribution in [0.2, 0.25) is 0 Å². The Morgan fingerprint density at radius 3 is 2.23 bits per heavy atom. The molecule has 9 heteroatoms. The second-order valence-electron chi connectivity index (χ2n) is 10.6. The van der Waals surface area contributed by atoms with Crippen molar-refractivity contribution in [2.24, 2.45) is 5.16 Å². The number of ketones is 2. The van der Waals surface area contributed by atoms with Gasteiger partial charge in [-0.3, -0.25) is 19.3 Å². The Morgan fingerprint density at radius 2 is 1.60 bits per heavy atom. The molecule has 3 aromatic rings. The lowest BCUT2D eigenvalue weighted by Gasteiger charge is -2.39. The Kier molecular flexibility index (Phi) is 9.60. The summed E-state index contributed by atoms with van der Waals surface area (Å²) in [5.74, 6) is -1.03. The number of morpholine rings is 1. The molecule has 1 aliphatic heterocycles. The summed E-state index contributed by atoms with van der Waals surface area (Å²) < 4.78 is 6.95. The molecule has 2 heterocycles. The van der Waals surface area contributed by atoms with Crippen molar-refractivity contribution >= 4 is 54.8 Å². The highest BCUT2D eigenvalue weighted by Crippen LogP contribution is 2.29. The molecular weight excluding hydrogens is 528 g/mol. The smallest absolute Gasteiger partial charge is 0.331 e. The quantitative estimate of drug-likeness (QED) is 0.0726. The van der Waals surface area contributed by atoms with Crippen molar-refractivity contribution in [1.82, 2.24) is 4.90 Å². The van der Waals surface area contributed by atoms with Crippen LogP contribution >= 0.6 is 11.3 Å². The Bertz CT molecular complexity index is 1520. The van der Waals surface area contributed by atoms with Gasteiger partial charge >= 0.3 is 5.97 Å². The van der Waals surface area contributed by atoms with Gasteiger partial charge in [-0.15, -0.1) is 11.3 Å². The number of rotatable bonds is 11. The minimum absolute atomic E-state index is 0.0564. The largest absolute Gasteiger partial charge is 0.379 e. The van der Waals surface area contributed by atoms with Crippen molar-refractivity contribution in [3.05, 3.63) is 57.7 Å². The molecular formula is C31H36N2O6S. The lowest BCUT2D eigenvalue weighted by Crippen LogP contribution is -2.54. The van der Waals surface area contributed by atoms with Gasteiger partial charge in [0.05, 0.1) is 18.8 Å². The highest BCUT2D eigenvalue weighted by molar-refractivity contribution is 7.24. The highest BCUT2D eigenvalue weighted by atomic mass is 32.1. The molecule has 4 rings (SSSR count). The number of unbranched alkanes of at least 4 members (excludes halogenated alkanes) is 3. The number of carbonyl (C=O) groups excluding carboxylic acids is 3. The molecule has 0 spiro atoms. The van der Waals surface area contributed by atoms with E-state index in [9.17, 15) is 19.2 Å². The third kappa shape index (κ3) is 6.54. The Morgan fingerprint density at radius 1 is 0.975 bits per heavy atom. The zero-order chi connectivity index (χ0) is 28.9. The molecule has 8 nitrogen and oxygen atoms in total. The van der Waals surface area contributed by atoms with Gasteiger partial charge in [-0.2, -0.15) is 0 Å². The maximum Gasteiger partial charge on any atom is 0.331 e. The van der Waals surface area contributed by atoms with Gasteiger partial charge in [0.1, 0.15) is 5.71 Å². The number of hydrogen-bond donors (Lipinski definition) is 0.